The normalized spacial score (nSPS) is 19.7. The van der Waals surface area contributed by atoms with Gasteiger partial charge in [0.1, 0.15) is 0 Å². The van der Waals surface area contributed by atoms with Crippen LogP contribution in [0.15, 0.2) is 18.2 Å². The highest BCUT2D eigenvalue weighted by Crippen LogP contribution is 2.34. The Morgan fingerprint density at radius 1 is 1.19 bits per heavy atom. The van der Waals surface area contributed by atoms with E-state index in [2.05, 4.69) is 0 Å². The predicted octanol–water partition coefficient (Wildman–Crippen LogP) is 3.27. The van der Waals surface area contributed by atoms with E-state index in [4.69, 9.17) is 0 Å². The zero-order valence-electron chi connectivity index (χ0n) is 11.2. The van der Waals surface area contributed by atoms with Crippen molar-refractivity contribution in [2.24, 2.45) is 5.92 Å². The Balaban J connectivity index is 1.93. The summed E-state index contributed by atoms with van der Waals surface area (Å²) in [5, 5.41) is 9.93. The van der Waals surface area contributed by atoms with E-state index in [0.29, 0.717) is 0 Å². The number of hydrogen-bond donors (Lipinski definition) is 1. The molecule has 0 aromatic heterocycles. The Morgan fingerprint density at radius 2 is 1.81 bits per heavy atom. The second kappa shape index (κ2) is 6.27. The fourth-order valence-corrected chi connectivity index (χ4v) is 2.56. The highest BCUT2D eigenvalue weighted by atomic mass is 19.4. The number of aliphatic hydroxyl groups is 1. The van der Waals surface area contributed by atoms with Crippen molar-refractivity contribution in [3.05, 3.63) is 35.4 Å². The van der Waals surface area contributed by atoms with Gasteiger partial charge >= 0.3 is 6.18 Å². The molecule has 7 heteroatoms. The van der Waals surface area contributed by atoms with Crippen LogP contribution in [-0.2, 0) is 0 Å². The zero-order valence-corrected chi connectivity index (χ0v) is 11.2. The molecule has 1 aromatic carbocycles. The van der Waals surface area contributed by atoms with Gasteiger partial charge in [0.05, 0.1) is 12.0 Å². The minimum atomic E-state index is -4.20. The average molecular weight is 309 g/mol. The Morgan fingerprint density at radius 3 is 2.38 bits per heavy atom. The van der Waals surface area contributed by atoms with Gasteiger partial charge in [0.25, 0.3) is 0 Å². The largest absolute Gasteiger partial charge is 0.391 e. The number of aliphatic hydroxyl groups excluding tert-OH is 1. The van der Waals surface area contributed by atoms with Crippen LogP contribution >= 0.6 is 0 Å². The number of nitrogens with zero attached hydrogens (tertiary/aromatic N) is 1. The summed E-state index contributed by atoms with van der Waals surface area (Å²) < 4.78 is 64.2. The van der Waals surface area contributed by atoms with E-state index in [1.54, 1.807) is 4.90 Å². The van der Waals surface area contributed by atoms with Gasteiger partial charge in [0, 0.05) is 12.1 Å². The van der Waals surface area contributed by atoms with Crippen molar-refractivity contribution in [1.82, 2.24) is 4.90 Å². The van der Waals surface area contributed by atoms with E-state index in [0.717, 1.165) is 6.07 Å². The molecule has 0 saturated carbocycles. The molecule has 1 atom stereocenters. The lowest BCUT2D eigenvalue weighted by Gasteiger charge is -2.34. The fraction of sp³-hybridized carbons (Fsp3) is 0.571. The molecule has 1 aliphatic rings. The Hall–Kier alpha value is -1.21. The number of benzene rings is 1. The second-order valence-corrected chi connectivity index (χ2v) is 5.28. The van der Waals surface area contributed by atoms with Crippen molar-refractivity contribution in [3.63, 3.8) is 0 Å². The maximum Gasteiger partial charge on any atom is 0.391 e. The summed E-state index contributed by atoms with van der Waals surface area (Å²) in [4.78, 5) is 1.64. The van der Waals surface area contributed by atoms with Gasteiger partial charge in [0.2, 0.25) is 0 Å². The highest BCUT2D eigenvalue weighted by Gasteiger charge is 2.41. The van der Waals surface area contributed by atoms with Crippen LogP contribution in [-0.4, -0.2) is 35.8 Å². The first-order valence-electron chi connectivity index (χ1n) is 6.70. The molecule has 1 aromatic rings. The molecule has 2 nitrogen and oxygen atoms in total. The third kappa shape index (κ3) is 3.91. The van der Waals surface area contributed by atoms with Crippen molar-refractivity contribution >= 4 is 0 Å². The first-order chi connectivity index (χ1) is 9.79. The number of likely N-dealkylation sites (tertiary alicyclic amines) is 1. The van der Waals surface area contributed by atoms with Crippen LogP contribution < -0.4 is 0 Å². The Kier molecular flexibility index (Phi) is 4.83. The zero-order chi connectivity index (χ0) is 15.6. The molecule has 0 bridgehead atoms. The lowest BCUT2D eigenvalue weighted by molar-refractivity contribution is -0.185. The maximum absolute atomic E-state index is 13.5. The van der Waals surface area contributed by atoms with E-state index < -0.39 is 29.8 Å². The molecular weight excluding hydrogens is 293 g/mol. The van der Waals surface area contributed by atoms with Gasteiger partial charge in [-0.15, -0.1) is 0 Å². The third-order valence-electron chi connectivity index (χ3n) is 3.82. The summed E-state index contributed by atoms with van der Waals surface area (Å²) in [7, 11) is 0. The molecule has 1 aliphatic heterocycles. The molecule has 21 heavy (non-hydrogen) atoms. The number of rotatable bonds is 3. The van der Waals surface area contributed by atoms with E-state index in [1.807, 2.05) is 0 Å². The molecule has 118 valence electrons. The number of piperidine rings is 1. The van der Waals surface area contributed by atoms with Crippen LogP contribution in [0.5, 0.6) is 0 Å². The summed E-state index contributed by atoms with van der Waals surface area (Å²) in [6.45, 7) is 0.349. The summed E-state index contributed by atoms with van der Waals surface area (Å²) in [6, 6.07) is 3.50. The first-order valence-corrected chi connectivity index (χ1v) is 6.70. The monoisotopic (exact) mass is 309 g/mol. The number of halogens is 5. The number of β-amino-alcohol motifs (C(OH)–C–C–N with tert-alkyl or cyclic N) is 1. The summed E-state index contributed by atoms with van der Waals surface area (Å²) in [6.07, 6.45) is -5.54. The standard InChI is InChI=1S/C14H16F5NO/c15-11-3-1-2-10(13(11)16)12(21)8-20-6-4-9(5-7-20)14(17,18)19/h1-3,9,12,21H,4-8H2. The Labute approximate surface area is 119 Å². The highest BCUT2D eigenvalue weighted by molar-refractivity contribution is 5.21. The van der Waals surface area contributed by atoms with Gasteiger partial charge < -0.3 is 10.0 Å². The van der Waals surface area contributed by atoms with Crippen molar-refractivity contribution < 1.29 is 27.1 Å². The predicted molar refractivity (Wildman–Crippen MR) is 66.5 cm³/mol. The van der Waals surface area contributed by atoms with Crippen LogP contribution in [0.3, 0.4) is 0 Å². The molecular formula is C14H16F5NO. The molecule has 1 N–H and O–H groups in total. The average Bonchev–Trinajstić information content (AvgIpc) is 2.41. The molecule has 0 radical (unpaired) electrons. The topological polar surface area (TPSA) is 23.5 Å². The van der Waals surface area contributed by atoms with Crippen LogP contribution in [0.25, 0.3) is 0 Å². The summed E-state index contributed by atoms with van der Waals surface area (Å²) >= 11 is 0. The van der Waals surface area contributed by atoms with Gasteiger partial charge in [-0.1, -0.05) is 12.1 Å². The molecule has 0 spiro atoms. The molecule has 1 heterocycles. The molecule has 0 amide bonds. The van der Waals surface area contributed by atoms with Crippen LogP contribution in [0.1, 0.15) is 24.5 Å². The van der Waals surface area contributed by atoms with Crippen molar-refractivity contribution in [2.45, 2.75) is 25.1 Å². The van der Waals surface area contributed by atoms with E-state index >= 15 is 0 Å². The van der Waals surface area contributed by atoms with E-state index in [1.165, 1.54) is 12.1 Å². The summed E-state index contributed by atoms with van der Waals surface area (Å²) in [5.74, 6) is -3.49. The van der Waals surface area contributed by atoms with Gasteiger partial charge in [-0.05, 0) is 32.0 Å². The number of hydrogen-bond acceptors (Lipinski definition) is 2. The lowest BCUT2D eigenvalue weighted by atomic mass is 9.95. The second-order valence-electron chi connectivity index (χ2n) is 5.28. The molecule has 0 aliphatic carbocycles. The Bertz CT molecular complexity index is 483. The fourth-order valence-electron chi connectivity index (χ4n) is 2.56. The lowest BCUT2D eigenvalue weighted by Crippen LogP contribution is -2.40. The van der Waals surface area contributed by atoms with Crippen molar-refractivity contribution in [1.29, 1.82) is 0 Å². The minimum Gasteiger partial charge on any atom is -0.387 e. The summed E-state index contributed by atoms with van der Waals surface area (Å²) in [5.41, 5.74) is -0.173. The first kappa shape index (κ1) is 16.2. The quantitative estimate of drug-likeness (QED) is 0.866. The smallest absolute Gasteiger partial charge is 0.387 e. The minimum absolute atomic E-state index is 0.00898. The van der Waals surface area contributed by atoms with Gasteiger partial charge in [0.15, 0.2) is 11.6 Å². The van der Waals surface area contributed by atoms with E-state index in [-0.39, 0.29) is 38.0 Å². The SMILES string of the molecule is OC(CN1CCC(C(F)(F)F)CC1)c1cccc(F)c1F. The van der Waals surface area contributed by atoms with Crippen molar-refractivity contribution in [2.75, 3.05) is 19.6 Å². The molecule has 2 rings (SSSR count). The van der Waals surface area contributed by atoms with E-state index in [9.17, 15) is 27.1 Å². The molecule has 1 fully saturated rings. The van der Waals surface area contributed by atoms with Gasteiger partial charge in [-0.2, -0.15) is 13.2 Å². The molecule has 1 unspecified atom stereocenters. The molecule has 1 saturated heterocycles. The maximum atomic E-state index is 13.5. The number of alkyl halides is 3. The van der Waals surface area contributed by atoms with Crippen molar-refractivity contribution in [3.8, 4) is 0 Å². The van der Waals surface area contributed by atoms with Crippen LogP contribution in [0, 0.1) is 17.6 Å². The van der Waals surface area contributed by atoms with Crippen LogP contribution in [0.4, 0.5) is 22.0 Å². The third-order valence-corrected chi connectivity index (χ3v) is 3.82. The van der Waals surface area contributed by atoms with Crippen LogP contribution in [0.2, 0.25) is 0 Å². The van der Waals surface area contributed by atoms with Gasteiger partial charge in [-0.25, -0.2) is 8.78 Å². The van der Waals surface area contributed by atoms with Gasteiger partial charge in [-0.3, -0.25) is 0 Å².